The van der Waals surface area contributed by atoms with Crippen LogP contribution in [0.25, 0.3) is 0 Å². The molecule has 8 heteroatoms. The van der Waals surface area contributed by atoms with Gasteiger partial charge in [0.05, 0.1) is 18.1 Å². The van der Waals surface area contributed by atoms with E-state index in [0.717, 1.165) is 38.9 Å². The standard InChI is InChI=1S/C16H33N3O3.2ClH/c1-5-22-14(6-11-19(2)3)12-18-15(20)16(13-21-4)7-9-17-10-8-16;;/h14,17H,5-13H2,1-4H3,(H,18,20);2*1H. The fourth-order valence-corrected chi connectivity index (χ4v) is 2.89. The summed E-state index contributed by atoms with van der Waals surface area (Å²) in [5.74, 6) is 0.102. The molecular formula is C16H35Cl2N3O3. The summed E-state index contributed by atoms with van der Waals surface area (Å²) >= 11 is 0. The smallest absolute Gasteiger partial charge is 0.228 e. The third kappa shape index (κ3) is 8.83. The van der Waals surface area contributed by atoms with Gasteiger partial charge in [-0.1, -0.05) is 0 Å². The molecule has 0 spiro atoms. The minimum absolute atomic E-state index is 0. The van der Waals surface area contributed by atoms with E-state index < -0.39 is 5.41 Å². The zero-order valence-corrected chi connectivity index (χ0v) is 17.1. The monoisotopic (exact) mass is 387 g/mol. The van der Waals surface area contributed by atoms with Crippen molar-refractivity contribution in [1.82, 2.24) is 15.5 Å². The van der Waals surface area contributed by atoms with Crippen LogP contribution < -0.4 is 10.6 Å². The molecule has 1 heterocycles. The Kier molecular flexibility index (Phi) is 15.3. The first-order valence-corrected chi connectivity index (χ1v) is 8.28. The van der Waals surface area contributed by atoms with Crippen molar-refractivity contribution in [3.8, 4) is 0 Å². The van der Waals surface area contributed by atoms with Crippen molar-refractivity contribution in [3.63, 3.8) is 0 Å². The Morgan fingerprint density at radius 1 is 1.29 bits per heavy atom. The first kappa shape index (κ1) is 26.1. The number of amides is 1. The number of nitrogens with zero attached hydrogens (tertiary/aromatic N) is 1. The van der Waals surface area contributed by atoms with Crippen LogP contribution in [0.1, 0.15) is 26.2 Å². The molecule has 1 atom stereocenters. The van der Waals surface area contributed by atoms with Crippen LogP contribution >= 0.6 is 24.8 Å². The van der Waals surface area contributed by atoms with Gasteiger partial charge in [-0.05, 0) is 53.4 Å². The summed E-state index contributed by atoms with van der Waals surface area (Å²) in [5.41, 5.74) is -0.391. The molecule has 0 aromatic heterocycles. The quantitative estimate of drug-likeness (QED) is 0.591. The maximum Gasteiger partial charge on any atom is 0.228 e. The summed E-state index contributed by atoms with van der Waals surface area (Å²) in [4.78, 5) is 14.8. The molecule has 1 aliphatic rings. The second kappa shape index (κ2) is 14.1. The Balaban J connectivity index is 0. The molecular weight excluding hydrogens is 353 g/mol. The highest BCUT2D eigenvalue weighted by atomic mass is 35.5. The summed E-state index contributed by atoms with van der Waals surface area (Å²) in [5, 5.41) is 6.40. The number of ether oxygens (including phenoxy) is 2. The number of carbonyl (C=O) groups is 1. The summed E-state index contributed by atoms with van der Waals surface area (Å²) < 4.78 is 11.1. The number of hydrogen-bond donors (Lipinski definition) is 2. The molecule has 0 radical (unpaired) electrons. The Morgan fingerprint density at radius 2 is 1.92 bits per heavy atom. The van der Waals surface area contributed by atoms with Gasteiger partial charge >= 0.3 is 0 Å². The number of nitrogens with one attached hydrogen (secondary N) is 2. The minimum Gasteiger partial charge on any atom is -0.384 e. The van der Waals surface area contributed by atoms with E-state index in [1.807, 2.05) is 21.0 Å². The molecule has 1 fully saturated rings. The SMILES string of the molecule is CCOC(CCN(C)C)CNC(=O)C1(COC)CCNCC1.Cl.Cl. The van der Waals surface area contributed by atoms with Gasteiger partial charge in [-0.25, -0.2) is 0 Å². The Bertz CT molecular complexity index is 322. The van der Waals surface area contributed by atoms with E-state index in [4.69, 9.17) is 9.47 Å². The molecule has 1 amide bonds. The van der Waals surface area contributed by atoms with Gasteiger partial charge in [-0.3, -0.25) is 4.79 Å². The second-order valence-corrected chi connectivity index (χ2v) is 6.34. The number of methoxy groups -OCH3 is 1. The molecule has 1 unspecified atom stereocenters. The molecule has 1 saturated heterocycles. The fraction of sp³-hybridized carbons (Fsp3) is 0.938. The van der Waals surface area contributed by atoms with E-state index in [0.29, 0.717) is 19.8 Å². The lowest BCUT2D eigenvalue weighted by molar-refractivity contribution is -0.136. The van der Waals surface area contributed by atoms with Gasteiger partial charge in [0.25, 0.3) is 0 Å². The lowest BCUT2D eigenvalue weighted by Crippen LogP contribution is -2.51. The van der Waals surface area contributed by atoms with Crippen molar-refractivity contribution < 1.29 is 14.3 Å². The summed E-state index contributed by atoms with van der Waals surface area (Å²) in [6, 6.07) is 0. The van der Waals surface area contributed by atoms with Gasteiger partial charge in [0.1, 0.15) is 0 Å². The van der Waals surface area contributed by atoms with Crippen molar-refractivity contribution in [2.24, 2.45) is 5.41 Å². The Labute approximate surface area is 159 Å². The zero-order chi connectivity index (χ0) is 16.4. The molecule has 0 saturated carbocycles. The van der Waals surface area contributed by atoms with Crippen molar-refractivity contribution >= 4 is 30.7 Å². The van der Waals surface area contributed by atoms with Gasteiger partial charge < -0.3 is 25.0 Å². The first-order valence-electron chi connectivity index (χ1n) is 8.28. The highest BCUT2D eigenvalue weighted by Crippen LogP contribution is 2.29. The van der Waals surface area contributed by atoms with E-state index in [9.17, 15) is 4.79 Å². The predicted molar refractivity (Wildman–Crippen MR) is 103 cm³/mol. The van der Waals surface area contributed by atoms with E-state index in [-0.39, 0.29) is 36.8 Å². The van der Waals surface area contributed by atoms with Crippen LogP contribution in [0.3, 0.4) is 0 Å². The average molecular weight is 388 g/mol. The van der Waals surface area contributed by atoms with Crippen LogP contribution in [0.4, 0.5) is 0 Å². The first-order chi connectivity index (χ1) is 10.5. The second-order valence-electron chi connectivity index (χ2n) is 6.34. The molecule has 1 rings (SSSR count). The fourth-order valence-electron chi connectivity index (χ4n) is 2.89. The van der Waals surface area contributed by atoms with Gasteiger partial charge in [0.2, 0.25) is 5.91 Å². The normalized spacial score (nSPS) is 17.5. The highest BCUT2D eigenvalue weighted by Gasteiger charge is 2.39. The number of halogens is 2. The van der Waals surface area contributed by atoms with Crippen LogP contribution in [-0.2, 0) is 14.3 Å². The van der Waals surface area contributed by atoms with Gasteiger partial charge in [0, 0.05) is 26.8 Å². The zero-order valence-electron chi connectivity index (χ0n) is 15.4. The molecule has 6 nitrogen and oxygen atoms in total. The number of carbonyl (C=O) groups excluding carboxylic acids is 1. The maximum absolute atomic E-state index is 12.7. The highest BCUT2D eigenvalue weighted by molar-refractivity contribution is 5.85. The topological polar surface area (TPSA) is 62.8 Å². The third-order valence-corrected chi connectivity index (χ3v) is 4.25. The van der Waals surface area contributed by atoms with E-state index in [1.165, 1.54) is 0 Å². The maximum atomic E-state index is 12.7. The average Bonchev–Trinajstić information content (AvgIpc) is 2.50. The van der Waals surface area contributed by atoms with E-state index in [2.05, 4.69) is 15.5 Å². The number of rotatable bonds is 10. The lowest BCUT2D eigenvalue weighted by atomic mass is 9.78. The van der Waals surface area contributed by atoms with E-state index in [1.54, 1.807) is 7.11 Å². The van der Waals surface area contributed by atoms with Crippen LogP contribution in [0.5, 0.6) is 0 Å². The number of piperidine rings is 1. The molecule has 0 aromatic rings. The van der Waals surface area contributed by atoms with Crippen molar-refractivity contribution in [2.75, 3.05) is 60.6 Å². The van der Waals surface area contributed by atoms with Crippen LogP contribution in [0, 0.1) is 5.41 Å². The van der Waals surface area contributed by atoms with Gasteiger partial charge in [0.15, 0.2) is 0 Å². The van der Waals surface area contributed by atoms with Crippen LogP contribution in [-0.4, -0.2) is 77.5 Å². The minimum atomic E-state index is -0.391. The Morgan fingerprint density at radius 3 is 2.42 bits per heavy atom. The largest absolute Gasteiger partial charge is 0.384 e. The van der Waals surface area contributed by atoms with Crippen molar-refractivity contribution in [3.05, 3.63) is 0 Å². The Hall–Kier alpha value is -0.110. The van der Waals surface area contributed by atoms with Crippen molar-refractivity contribution in [2.45, 2.75) is 32.3 Å². The predicted octanol–water partition coefficient (Wildman–Crippen LogP) is 1.32. The summed E-state index contributed by atoms with van der Waals surface area (Å²) in [7, 11) is 5.76. The van der Waals surface area contributed by atoms with Crippen molar-refractivity contribution in [1.29, 1.82) is 0 Å². The third-order valence-electron chi connectivity index (χ3n) is 4.25. The molecule has 2 N–H and O–H groups in total. The molecule has 24 heavy (non-hydrogen) atoms. The summed E-state index contributed by atoms with van der Waals surface area (Å²) in [6.45, 7) is 6.40. The molecule has 0 aliphatic carbocycles. The lowest BCUT2D eigenvalue weighted by Gasteiger charge is -2.36. The van der Waals surface area contributed by atoms with Gasteiger partial charge in [-0.2, -0.15) is 0 Å². The van der Waals surface area contributed by atoms with E-state index >= 15 is 0 Å². The number of hydrogen-bond acceptors (Lipinski definition) is 5. The molecule has 0 aromatic carbocycles. The molecule has 0 bridgehead atoms. The molecule has 146 valence electrons. The molecule has 1 aliphatic heterocycles. The van der Waals surface area contributed by atoms with Crippen LogP contribution in [0.2, 0.25) is 0 Å². The summed E-state index contributed by atoms with van der Waals surface area (Å²) in [6.07, 6.45) is 2.63. The van der Waals surface area contributed by atoms with Crippen LogP contribution in [0.15, 0.2) is 0 Å². The van der Waals surface area contributed by atoms with Gasteiger partial charge in [-0.15, -0.1) is 24.8 Å².